The third kappa shape index (κ3) is 6.02. The summed E-state index contributed by atoms with van der Waals surface area (Å²) < 4.78 is 5.71. The summed E-state index contributed by atoms with van der Waals surface area (Å²) in [5.41, 5.74) is 4.64. The Morgan fingerprint density at radius 1 is 0.943 bits per heavy atom. The molecular weight excluding hydrogens is 444 g/mol. The number of carbonyl (C=O) groups is 3. The molecule has 186 valence electrons. The molecule has 0 spiro atoms. The first kappa shape index (κ1) is 24.8. The summed E-state index contributed by atoms with van der Waals surface area (Å²) in [5.74, 6) is -1.00. The zero-order valence-electron chi connectivity index (χ0n) is 20.2. The third-order valence-electron chi connectivity index (χ3n) is 7.30. The average molecular weight is 479 g/mol. The SMILES string of the molecule is CC[C@@H](CC(=O)O)NC(=O)CC(NC(=O)OCC1c2ccccc2-c2ccccc21)C1CCCC1. The highest BCUT2D eigenvalue weighted by Crippen LogP contribution is 2.44. The lowest BCUT2D eigenvalue weighted by Crippen LogP contribution is -2.45. The van der Waals surface area contributed by atoms with Crippen LogP contribution in [0.15, 0.2) is 48.5 Å². The summed E-state index contributed by atoms with van der Waals surface area (Å²) in [4.78, 5) is 36.6. The van der Waals surface area contributed by atoms with Gasteiger partial charge in [0, 0.05) is 24.4 Å². The molecule has 7 heteroatoms. The molecule has 35 heavy (non-hydrogen) atoms. The van der Waals surface area contributed by atoms with Crippen molar-refractivity contribution in [2.75, 3.05) is 6.61 Å². The Bertz CT molecular complexity index is 1020. The van der Waals surface area contributed by atoms with Crippen LogP contribution >= 0.6 is 0 Å². The van der Waals surface area contributed by atoms with Crippen LogP contribution in [0.25, 0.3) is 11.1 Å². The number of hydrogen-bond acceptors (Lipinski definition) is 4. The van der Waals surface area contributed by atoms with Crippen LogP contribution in [-0.4, -0.2) is 41.8 Å². The van der Waals surface area contributed by atoms with Crippen molar-refractivity contribution in [3.05, 3.63) is 59.7 Å². The van der Waals surface area contributed by atoms with Crippen molar-refractivity contribution in [2.45, 2.75) is 69.9 Å². The molecule has 2 amide bonds. The highest BCUT2D eigenvalue weighted by atomic mass is 16.5. The second-order valence-corrected chi connectivity index (χ2v) is 9.60. The molecule has 0 saturated heterocycles. The summed E-state index contributed by atoms with van der Waals surface area (Å²) in [6.45, 7) is 2.07. The van der Waals surface area contributed by atoms with Crippen LogP contribution in [-0.2, 0) is 14.3 Å². The molecule has 2 atom stereocenters. The molecule has 7 nitrogen and oxygen atoms in total. The molecule has 2 aliphatic rings. The maximum atomic E-state index is 12.9. The van der Waals surface area contributed by atoms with Crippen molar-refractivity contribution in [1.82, 2.24) is 10.6 Å². The topological polar surface area (TPSA) is 105 Å². The number of fused-ring (bicyclic) bond motifs is 3. The van der Waals surface area contributed by atoms with Crippen molar-refractivity contribution in [2.24, 2.45) is 5.92 Å². The van der Waals surface area contributed by atoms with E-state index in [2.05, 4.69) is 34.9 Å². The molecule has 3 N–H and O–H groups in total. The molecule has 0 radical (unpaired) electrons. The van der Waals surface area contributed by atoms with Crippen LogP contribution < -0.4 is 10.6 Å². The minimum absolute atomic E-state index is 0.0253. The van der Waals surface area contributed by atoms with E-state index in [0.717, 1.165) is 36.8 Å². The standard InChI is InChI=1S/C28H34N2O5/c1-2-19(15-27(32)33)29-26(31)16-25(18-9-3-4-10-18)30-28(34)35-17-24-22-13-7-5-11-20(22)21-12-6-8-14-23(21)24/h5-8,11-14,18-19,24-25H,2-4,9-10,15-17H2,1H3,(H,29,31)(H,30,34)(H,32,33)/t19-,25?/m0/s1. The number of alkyl carbamates (subject to hydrolysis) is 1. The summed E-state index contributed by atoms with van der Waals surface area (Å²) >= 11 is 0. The molecule has 0 aromatic heterocycles. The third-order valence-corrected chi connectivity index (χ3v) is 7.30. The lowest BCUT2D eigenvalue weighted by Gasteiger charge is -2.25. The Labute approximate surface area is 206 Å². The zero-order chi connectivity index (χ0) is 24.8. The van der Waals surface area contributed by atoms with Gasteiger partial charge in [0.25, 0.3) is 0 Å². The number of rotatable bonds is 10. The van der Waals surface area contributed by atoms with Gasteiger partial charge in [-0.25, -0.2) is 4.79 Å². The number of hydrogen-bond donors (Lipinski definition) is 3. The number of nitrogens with one attached hydrogen (secondary N) is 2. The maximum absolute atomic E-state index is 12.9. The van der Waals surface area contributed by atoms with E-state index in [1.54, 1.807) is 0 Å². The van der Waals surface area contributed by atoms with Gasteiger partial charge in [0.1, 0.15) is 6.61 Å². The number of carboxylic acids is 1. The number of benzene rings is 2. The maximum Gasteiger partial charge on any atom is 0.407 e. The number of carboxylic acid groups (broad SMARTS) is 1. The van der Waals surface area contributed by atoms with Gasteiger partial charge in [-0.15, -0.1) is 0 Å². The van der Waals surface area contributed by atoms with Gasteiger partial charge >= 0.3 is 12.1 Å². The summed E-state index contributed by atoms with van der Waals surface area (Å²) in [6.07, 6.45) is 4.07. The lowest BCUT2D eigenvalue weighted by atomic mass is 9.95. The fourth-order valence-electron chi connectivity index (χ4n) is 5.48. The van der Waals surface area contributed by atoms with E-state index in [1.807, 2.05) is 31.2 Å². The van der Waals surface area contributed by atoms with Gasteiger partial charge in [0.15, 0.2) is 0 Å². The van der Waals surface area contributed by atoms with Gasteiger partial charge in [-0.05, 0) is 47.4 Å². The minimum atomic E-state index is -0.943. The van der Waals surface area contributed by atoms with Gasteiger partial charge in [0.05, 0.1) is 6.42 Å². The van der Waals surface area contributed by atoms with E-state index in [0.29, 0.717) is 6.42 Å². The van der Waals surface area contributed by atoms with Crippen LogP contribution in [0.3, 0.4) is 0 Å². The molecular formula is C28H34N2O5. The molecule has 4 rings (SSSR count). The van der Waals surface area contributed by atoms with Crippen molar-refractivity contribution < 1.29 is 24.2 Å². The molecule has 0 heterocycles. The van der Waals surface area contributed by atoms with Gasteiger partial charge in [0.2, 0.25) is 5.91 Å². The van der Waals surface area contributed by atoms with Crippen molar-refractivity contribution in [3.8, 4) is 11.1 Å². The van der Waals surface area contributed by atoms with Crippen LogP contribution in [0.2, 0.25) is 0 Å². The fourth-order valence-corrected chi connectivity index (χ4v) is 5.48. The van der Waals surface area contributed by atoms with E-state index < -0.39 is 18.1 Å². The number of ether oxygens (including phenoxy) is 1. The normalized spacial score (nSPS) is 16.7. The lowest BCUT2D eigenvalue weighted by molar-refractivity contribution is -0.137. The largest absolute Gasteiger partial charge is 0.481 e. The van der Waals surface area contributed by atoms with E-state index in [9.17, 15) is 14.4 Å². The Balaban J connectivity index is 1.38. The predicted octanol–water partition coefficient (Wildman–Crippen LogP) is 4.84. The Morgan fingerprint density at radius 2 is 1.54 bits per heavy atom. The van der Waals surface area contributed by atoms with Gasteiger partial charge in [-0.3, -0.25) is 9.59 Å². The highest BCUT2D eigenvalue weighted by Gasteiger charge is 2.32. The highest BCUT2D eigenvalue weighted by molar-refractivity contribution is 5.80. The second-order valence-electron chi connectivity index (χ2n) is 9.60. The second kappa shape index (κ2) is 11.4. The first-order valence-corrected chi connectivity index (χ1v) is 12.6. The smallest absolute Gasteiger partial charge is 0.407 e. The van der Waals surface area contributed by atoms with E-state index >= 15 is 0 Å². The van der Waals surface area contributed by atoms with E-state index in [-0.39, 0.29) is 43.2 Å². The van der Waals surface area contributed by atoms with Gasteiger partial charge in [-0.1, -0.05) is 68.3 Å². The monoisotopic (exact) mass is 478 g/mol. The van der Waals surface area contributed by atoms with Gasteiger partial charge < -0.3 is 20.5 Å². The van der Waals surface area contributed by atoms with Crippen molar-refractivity contribution in [3.63, 3.8) is 0 Å². The van der Waals surface area contributed by atoms with Crippen LogP contribution in [0.1, 0.15) is 68.9 Å². The van der Waals surface area contributed by atoms with Crippen LogP contribution in [0.4, 0.5) is 4.79 Å². The Hall–Kier alpha value is -3.35. The van der Waals surface area contributed by atoms with Crippen LogP contribution in [0.5, 0.6) is 0 Å². The predicted molar refractivity (Wildman–Crippen MR) is 133 cm³/mol. The quantitative estimate of drug-likeness (QED) is 0.453. The molecule has 1 unspecified atom stereocenters. The minimum Gasteiger partial charge on any atom is -0.481 e. The Morgan fingerprint density at radius 3 is 2.11 bits per heavy atom. The zero-order valence-corrected chi connectivity index (χ0v) is 20.2. The molecule has 2 aromatic rings. The average Bonchev–Trinajstić information content (AvgIpc) is 3.48. The van der Waals surface area contributed by atoms with Crippen molar-refractivity contribution >= 4 is 18.0 Å². The number of carbonyl (C=O) groups excluding carboxylic acids is 2. The number of amides is 2. The van der Waals surface area contributed by atoms with Crippen LogP contribution in [0, 0.1) is 5.92 Å². The first-order chi connectivity index (χ1) is 17.0. The van der Waals surface area contributed by atoms with Crippen molar-refractivity contribution in [1.29, 1.82) is 0 Å². The van der Waals surface area contributed by atoms with E-state index in [1.165, 1.54) is 11.1 Å². The first-order valence-electron chi connectivity index (χ1n) is 12.6. The summed E-state index contributed by atoms with van der Waals surface area (Å²) in [6, 6.07) is 15.6. The fraction of sp³-hybridized carbons (Fsp3) is 0.464. The molecule has 0 aliphatic heterocycles. The summed E-state index contributed by atoms with van der Waals surface area (Å²) in [7, 11) is 0. The molecule has 1 fully saturated rings. The Kier molecular flexibility index (Phi) is 8.06. The number of aliphatic carboxylic acids is 1. The molecule has 2 aliphatic carbocycles. The molecule has 0 bridgehead atoms. The van der Waals surface area contributed by atoms with Gasteiger partial charge in [-0.2, -0.15) is 0 Å². The van der Waals surface area contributed by atoms with E-state index in [4.69, 9.17) is 9.84 Å². The summed E-state index contributed by atoms with van der Waals surface area (Å²) in [5, 5.41) is 14.8. The molecule has 2 aromatic carbocycles. The molecule has 1 saturated carbocycles.